The van der Waals surface area contributed by atoms with Crippen molar-refractivity contribution in [2.75, 3.05) is 25.0 Å². The predicted molar refractivity (Wildman–Crippen MR) is 91.0 cm³/mol. The summed E-state index contributed by atoms with van der Waals surface area (Å²) in [6.45, 7) is 1.61. The number of carbonyl (C=O) groups excluding carboxylic acids is 3. The van der Waals surface area contributed by atoms with Crippen LogP contribution in [0.5, 0.6) is 0 Å². The molecule has 3 rings (SSSR count). The fourth-order valence-electron chi connectivity index (χ4n) is 2.78. The maximum absolute atomic E-state index is 12.4. The molecule has 0 atom stereocenters. The van der Waals surface area contributed by atoms with Gasteiger partial charge in [-0.15, -0.1) is 0 Å². The van der Waals surface area contributed by atoms with Crippen LogP contribution in [-0.4, -0.2) is 52.4 Å². The van der Waals surface area contributed by atoms with E-state index in [1.54, 1.807) is 29.4 Å². The minimum atomic E-state index is -0.789. The lowest BCUT2D eigenvalue weighted by Gasteiger charge is -2.32. The molecule has 0 saturated carbocycles. The number of anilines is 1. The predicted octanol–water partition coefficient (Wildman–Crippen LogP) is 0.677. The lowest BCUT2D eigenvalue weighted by molar-refractivity contribution is -0.136. The number of piperidine rings is 1. The fraction of sp³-hybridized carbons (Fsp3) is 0.353. The van der Waals surface area contributed by atoms with Gasteiger partial charge in [-0.05, 0) is 30.9 Å². The van der Waals surface area contributed by atoms with Gasteiger partial charge in [0.2, 0.25) is 0 Å². The van der Waals surface area contributed by atoms with E-state index in [9.17, 15) is 14.4 Å². The van der Waals surface area contributed by atoms with Gasteiger partial charge in [-0.25, -0.2) is 0 Å². The van der Waals surface area contributed by atoms with Crippen LogP contribution in [0.2, 0.25) is 0 Å². The van der Waals surface area contributed by atoms with Crippen molar-refractivity contribution in [3.05, 3.63) is 42.4 Å². The minimum absolute atomic E-state index is 0.0347. The number of nitrogens with zero attached hydrogens (tertiary/aromatic N) is 3. The summed E-state index contributed by atoms with van der Waals surface area (Å²) in [5.41, 5.74) is 0.573. The van der Waals surface area contributed by atoms with Gasteiger partial charge in [0.15, 0.2) is 5.82 Å². The standard InChI is InChI=1S/C17H19N5O4/c23-15(16(24)20-14-5-9-26-21-14)19-10-12-3-7-22(8-4-12)17(25)13-2-1-6-18-11-13/h1-2,5-6,9,11-12H,3-4,7-8,10H2,(H,19,23)(H,20,21,24). The van der Waals surface area contributed by atoms with Crippen LogP contribution in [0, 0.1) is 5.92 Å². The third kappa shape index (κ3) is 4.44. The van der Waals surface area contributed by atoms with Crippen molar-refractivity contribution >= 4 is 23.5 Å². The van der Waals surface area contributed by atoms with Gasteiger partial charge in [0.1, 0.15) is 6.26 Å². The Morgan fingerprint density at radius 1 is 1.19 bits per heavy atom. The molecule has 2 aromatic heterocycles. The van der Waals surface area contributed by atoms with Gasteiger partial charge in [0, 0.05) is 38.1 Å². The van der Waals surface area contributed by atoms with Crippen molar-refractivity contribution in [3.63, 3.8) is 0 Å². The third-order valence-electron chi connectivity index (χ3n) is 4.25. The van der Waals surface area contributed by atoms with E-state index < -0.39 is 11.8 Å². The molecule has 2 N–H and O–H groups in total. The minimum Gasteiger partial charge on any atom is -0.363 e. The Bertz CT molecular complexity index is 755. The number of hydrogen-bond donors (Lipinski definition) is 2. The molecular formula is C17H19N5O4. The number of hydrogen-bond acceptors (Lipinski definition) is 6. The highest BCUT2D eigenvalue weighted by atomic mass is 16.5. The molecule has 136 valence electrons. The lowest BCUT2D eigenvalue weighted by Crippen LogP contribution is -2.43. The zero-order valence-corrected chi connectivity index (χ0v) is 14.1. The Morgan fingerprint density at radius 2 is 2.00 bits per heavy atom. The summed E-state index contributed by atoms with van der Waals surface area (Å²) in [5, 5.41) is 8.46. The Balaban J connectivity index is 1.40. The van der Waals surface area contributed by atoms with Crippen LogP contribution in [-0.2, 0) is 9.59 Å². The zero-order valence-electron chi connectivity index (χ0n) is 14.1. The number of carbonyl (C=O) groups is 3. The number of nitrogens with one attached hydrogen (secondary N) is 2. The molecule has 0 bridgehead atoms. The first kappa shape index (κ1) is 17.6. The van der Waals surface area contributed by atoms with Crippen molar-refractivity contribution < 1.29 is 18.9 Å². The van der Waals surface area contributed by atoms with E-state index in [-0.39, 0.29) is 17.6 Å². The topological polar surface area (TPSA) is 117 Å². The van der Waals surface area contributed by atoms with E-state index in [4.69, 9.17) is 0 Å². The molecule has 0 aromatic carbocycles. The zero-order chi connectivity index (χ0) is 18.4. The van der Waals surface area contributed by atoms with Crippen molar-refractivity contribution in [3.8, 4) is 0 Å². The van der Waals surface area contributed by atoms with E-state index >= 15 is 0 Å². The fourth-order valence-corrected chi connectivity index (χ4v) is 2.78. The van der Waals surface area contributed by atoms with Gasteiger partial charge in [-0.2, -0.15) is 0 Å². The second kappa shape index (κ2) is 8.24. The highest BCUT2D eigenvalue weighted by Crippen LogP contribution is 2.18. The summed E-state index contributed by atoms with van der Waals surface area (Å²) in [6.07, 6.45) is 6.01. The molecule has 9 heteroatoms. The van der Waals surface area contributed by atoms with Gasteiger partial charge >= 0.3 is 11.8 Å². The second-order valence-electron chi connectivity index (χ2n) is 6.03. The van der Waals surface area contributed by atoms with E-state index in [0.717, 1.165) is 12.8 Å². The summed E-state index contributed by atoms with van der Waals surface area (Å²) in [5.74, 6) is -1.14. The molecule has 2 aromatic rings. The van der Waals surface area contributed by atoms with E-state index in [1.807, 2.05) is 0 Å². The molecule has 0 aliphatic carbocycles. The van der Waals surface area contributed by atoms with Crippen LogP contribution in [0.15, 0.2) is 41.4 Å². The van der Waals surface area contributed by atoms with Crippen LogP contribution in [0.1, 0.15) is 23.2 Å². The molecule has 1 aliphatic heterocycles. The van der Waals surface area contributed by atoms with Crippen molar-refractivity contribution in [2.45, 2.75) is 12.8 Å². The highest BCUT2D eigenvalue weighted by molar-refractivity contribution is 6.39. The van der Waals surface area contributed by atoms with Gasteiger partial charge in [0.25, 0.3) is 5.91 Å². The molecule has 26 heavy (non-hydrogen) atoms. The molecule has 1 saturated heterocycles. The molecule has 1 aliphatic rings. The lowest BCUT2D eigenvalue weighted by atomic mass is 9.96. The van der Waals surface area contributed by atoms with E-state index in [1.165, 1.54) is 12.3 Å². The summed E-state index contributed by atoms with van der Waals surface area (Å²) in [6, 6.07) is 4.93. The largest absolute Gasteiger partial charge is 0.363 e. The summed E-state index contributed by atoms with van der Waals surface area (Å²) in [7, 11) is 0. The van der Waals surface area contributed by atoms with Crippen LogP contribution in [0.4, 0.5) is 5.82 Å². The normalized spacial score (nSPS) is 14.7. The molecule has 1 fully saturated rings. The number of aromatic nitrogens is 2. The number of pyridine rings is 1. The van der Waals surface area contributed by atoms with E-state index in [0.29, 0.717) is 25.2 Å². The monoisotopic (exact) mass is 357 g/mol. The first-order chi connectivity index (χ1) is 12.6. The van der Waals surface area contributed by atoms with Crippen LogP contribution < -0.4 is 10.6 Å². The van der Waals surface area contributed by atoms with Crippen LogP contribution >= 0.6 is 0 Å². The van der Waals surface area contributed by atoms with Crippen molar-refractivity contribution in [1.29, 1.82) is 0 Å². The molecule has 9 nitrogen and oxygen atoms in total. The Hall–Kier alpha value is -3.23. The molecule has 0 radical (unpaired) electrons. The average Bonchev–Trinajstić information content (AvgIpc) is 3.19. The van der Waals surface area contributed by atoms with Crippen LogP contribution in [0.25, 0.3) is 0 Å². The first-order valence-electron chi connectivity index (χ1n) is 8.32. The van der Waals surface area contributed by atoms with E-state index in [2.05, 4.69) is 25.3 Å². The third-order valence-corrected chi connectivity index (χ3v) is 4.25. The number of rotatable bonds is 4. The SMILES string of the molecule is O=C(NCC1CCN(C(=O)c2cccnc2)CC1)C(=O)Nc1ccon1. The molecule has 0 unspecified atom stereocenters. The maximum Gasteiger partial charge on any atom is 0.314 e. The number of amides is 3. The molecular weight excluding hydrogens is 338 g/mol. The summed E-state index contributed by atoms with van der Waals surface area (Å²) < 4.78 is 4.58. The second-order valence-corrected chi connectivity index (χ2v) is 6.03. The van der Waals surface area contributed by atoms with Gasteiger partial charge in [0.05, 0.1) is 5.56 Å². The highest BCUT2D eigenvalue weighted by Gasteiger charge is 2.25. The maximum atomic E-state index is 12.4. The molecule has 3 heterocycles. The quantitative estimate of drug-likeness (QED) is 0.777. The van der Waals surface area contributed by atoms with Crippen molar-refractivity contribution in [1.82, 2.24) is 20.4 Å². The Kier molecular flexibility index (Phi) is 5.57. The Labute approximate surface area is 149 Å². The Morgan fingerprint density at radius 3 is 2.65 bits per heavy atom. The smallest absolute Gasteiger partial charge is 0.314 e. The van der Waals surface area contributed by atoms with Gasteiger partial charge in [-0.1, -0.05) is 5.16 Å². The summed E-state index contributed by atoms with van der Waals surface area (Å²) >= 11 is 0. The average molecular weight is 357 g/mol. The molecule has 3 amide bonds. The van der Waals surface area contributed by atoms with Gasteiger partial charge in [-0.3, -0.25) is 24.7 Å². The van der Waals surface area contributed by atoms with Gasteiger partial charge < -0.3 is 14.7 Å². The molecule has 0 spiro atoms. The van der Waals surface area contributed by atoms with Crippen molar-refractivity contribution in [2.24, 2.45) is 5.92 Å². The number of likely N-dealkylation sites (tertiary alicyclic amines) is 1. The van der Waals surface area contributed by atoms with Crippen LogP contribution in [0.3, 0.4) is 0 Å². The first-order valence-corrected chi connectivity index (χ1v) is 8.32. The summed E-state index contributed by atoms with van der Waals surface area (Å²) in [4.78, 5) is 41.6.